The second kappa shape index (κ2) is 11.0. The van der Waals surface area contributed by atoms with Crippen molar-refractivity contribution in [2.24, 2.45) is 0 Å². The molecule has 0 saturated heterocycles. The highest BCUT2D eigenvalue weighted by Crippen LogP contribution is 2.37. The molecule has 0 aromatic heterocycles. The van der Waals surface area contributed by atoms with Gasteiger partial charge >= 0.3 is 11.9 Å². The number of phenolic OH excluding ortho intramolecular Hbond substituents is 2. The molecule has 0 heterocycles. The number of carbonyl (C=O) groups excluding carboxylic acids is 2. The third-order valence-corrected chi connectivity index (χ3v) is 5.85. The van der Waals surface area contributed by atoms with Crippen LogP contribution in [-0.4, -0.2) is 35.9 Å². The molecule has 0 atom stereocenters. The maximum absolute atomic E-state index is 13.0. The van der Waals surface area contributed by atoms with Gasteiger partial charge in [-0.05, 0) is 75.6 Å². The van der Waals surface area contributed by atoms with Gasteiger partial charge < -0.3 is 29.2 Å². The molecule has 190 valence electrons. The molecule has 0 bridgehead atoms. The van der Waals surface area contributed by atoms with Gasteiger partial charge in [0.15, 0.2) is 0 Å². The smallest absolute Gasteiger partial charge is 0.347 e. The summed E-state index contributed by atoms with van der Waals surface area (Å²) in [6, 6.07) is 10.5. The molecule has 3 aromatic rings. The van der Waals surface area contributed by atoms with E-state index >= 15 is 0 Å². The fourth-order valence-electron chi connectivity index (χ4n) is 3.74. The predicted molar refractivity (Wildman–Crippen MR) is 133 cm³/mol. The van der Waals surface area contributed by atoms with E-state index < -0.39 is 11.9 Å². The van der Waals surface area contributed by atoms with Crippen LogP contribution in [0.1, 0.15) is 55.5 Å². The van der Waals surface area contributed by atoms with Crippen molar-refractivity contribution in [3.8, 4) is 28.7 Å². The summed E-state index contributed by atoms with van der Waals surface area (Å²) in [5.41, 5.74) is 2.33. The lowest BCUT2D eigenvalue weighted by atomic mass is 10.0. The van der Waals surface area contributed by atoms with Crippen molar-refractivity contribution in [1.29, 1.82) is 0 Å². The van der Waals surface area contributed by atoms with Crippen molar-refractivity contribution >= 4 is 11.9 Å². The van der Waals surface area contributed by atoms with Crippen LogP contribution >= 0.6 is 0 Å². The average molecular weight is 495 g/mol. The number of methoxy groups -OCH3 is 1. The zero-order chi connectivity index (χ0) is 26.6. The molecule has 3 aromatic carbocycles. The van der Waals surface area contributed by atoms with Crippen molar-refractivity contribution in [2.45, 2.75) is 41.2 Å². The van der Waals surface area contributed by atoms with Crippen molar-refractivity contribution < 1.29 is 38.7 Å². The Bertz CT molecular complexity index is 1290. The number of aryl methyl sites for hydroxylation is 2. The molecule has 0 unspecified atom stereocenters. The summed E-state index contributed by atoms with van der Waals surface area (Å²) in [6.07, 6.45) is 0. The van der Waals surface area contributed by atoms with Crippen molar-refractivity contribution in [2.75, 3.05) is 13.7 Å². The van der Waals surface area contributed by atoms with Gasteiger partial charge in [0.2, 0.25) is 0 Å². The van der Waals surface area contributed by atoms with E-state index in [1.165, 1.54) is 13.0 Å². The first kappa shape index (κ1) is 26.4. The van der Waals surface area contributed by atoms with Crippen LogP contribution < -0.4 is 14.2 Å². The summed E-state index contributed by atoms with van der Waals surface area (Å²) in [6.45, 7) is 8.52. The van der Waals surface area contributed by atoms with Crippen molar-refractivity contribution in [3.05, 3.63) is 75.3 Å². The largest absolute Gasteiger partial charge is 0.507 e. The summed E-state index contributed by atoms with van der Waals surface area (Å²) < 4.78 is 21.6. The number of carbonyl (C=O) groups is 2. The number of ether oxygens (including phenoxy) is 4. The minimum absolute atomic E-state index is 0.0161. The first-order valence-corrected chi connectivity index (χ1v) is 11.4. The molecule has 8 nitrogen and oxygen atoms in total. The topological polar surface area (TPSA) is 112 Å². The zero-order valence-corrected chi connectivity index (χ0v) is 21.2. The molecule has 0 radical (unpaired) electrons. The lowest BCUT2D eigenvalue weighted by molar-refractivity contribution is 0.0522. The van der Waals surface area contributed by atoms with Gasteiger partial charge in [0, 0.05) is 11.1 Å². The highest BCUT2D eigenvalue weighted by atomic mass is 16.5. The summed E-state index contributed by atoms with van der Waals surface area (Å²) >= 11 is 0. The Balaban J connectivity index is 1.84. The van der Waals surface area contributed by atoms with Gasteiger partial charge in [0.1, 0.15) is 46.5 Å². The van der Waals surface area contributed by atoms with Crippen molar-refractivity contribution in [1.82, 2.24) is 0 Å². The standard InChI is InChI=1S/C28H30O8/c1-7-34-27(31)23-16(3)13-22(18(5)26(23)30)36-28(32)24-15(2)12-21(17(4)25(24)29)35-14-19-8-10-20(33-6)11-9-19/h8-13,29-30H,7,14H2,1-6H3. The first-order chi connectivity index (χ1) is 17.1. The molecule has 0 aliphatic rings. The van der Waals surface area contributed by atoms with Gasteiger partial charge in [-0.15, -0.1) is 0 Å². The molecular formula is C28H30O8. The normalized spacial score (nSPS) is 10.6. The number of aromatic hydroxyl groups is 2. The minimum Gasteiger partial charge on any atom is -0.507 e. The van der Waals surface area contributed by atoms with E-state index in [1.54, 1.807) is 40.9 Å². The summed E-state index contributed by atoms with van der Waals surface area (Å²) in [7, 11) is 1.59. The first-order valence-electron chi connectivity index (χ1n) is 11.4. The quantitative estimate of drug-likeness (QED) is 0.320. The van der Waals surface area contributed by atoms with Gasteiger partial charge in [-0.1, -0.05) is 12.1 Å². The Labute approximate surface area is 210 Å². The third-order valence-electron chi connectivity index (χ3n) is 5.85. The van der Waals surface area contributed by atoms with Crippen molar-refractivity contribution in [3.63, 3.8) is 0 Å². The summed E-state index contributed by atoms with van der Waals surface area (Å²) in [4.78, 5) is 25.2. The van der Waals surface area contributed by atoms with Crippen LogP contribution in [0.4, 0.5) is 0 Å². The zero-order valence-electron chi connectivity index (χ0n) is 21.2. The molecule has 0 spiro atoms. The molecule has 0 aliphatic carbocycles. The van der Waals surface area contributed by atoms with E-state index in [4.69, 9.17) is 18.9 Å². The van der Waals surface area contributed by atoms with Gasteiger partial charge in [-0.2, -0.15) is 0 Å². The maximum Gasteiger partial charge on any atom is 0.347 e. The Morgan fingerprint density at radius 1 is 0.806 bits per heavy atom. The molecule has 0 amide bonds. The fraction of sp³-hybridized carbons (Fsp3) is 0.286. The number of benzene rings is 3. The molecule has 0 fully saturated rings. The van der Waals surface area contributed by atoms with Crippen LogP contribution in [0.15, 0.2) is 36.4 Å². The third kappa shape index (κ3) is 5.38. The highest BCUT2D eigenvalue weighted by Gasteiger charge is 2.25. The van der Waals surface area contributed by atoms with E-state index in [2.05, 4.69) is 0 Å². The molecule has 3 rings (SSSR count). The molecular weight excluding hydrogens is 464 g/mol. The number of phenols is 2. The van der Waals surface area contributed by atoms with Crippen LogP contribution in [0.3, 0.4) is 0 Å². The number of rotatable bonds is 8. The lowest BCUT2D eigenvalue weighted by Gasteiger charge is -2.17. The van der Waals surface area contributed by atoms with Crippen LogP contribution in [0.5, 0.6) is 28.7 Å². The van der Waals surface area contributed by atoms with Gasteiger partial charge in [-0.25, -0.2) is 9.59 Å². The maximum atomic E-state index is 13.0. The van der Waals surface area contributed by atoms with E-state index in [9.17, 15) is 19.8 Å². The van der Waals surface area contributed by atoms with Gasteiger partial charge in [-0.3, -0.25) is 0 Å². The van der Waals surface area contributed by atoms with Crippen LogP contribution in [0.25, 0.3) is 0 Å². The monoisotopic (exact) mass is 494 g/mol. The van der Waals surface area contributed by atoms with Crippen LogP contribution in [-0.2, 0) is 11.3 Å². The molecule has 0 aliphatic heterocycles. The van der Waals surface area contributed by atoms with Crippen LogP contribution in [0, 0.1) is 27.7 Å². The number of esters is 2. The van der Waals surface area contributed by atoms with Gasteiger partial charge in [0.25, 0.3) is 0 Å². The Kier molecular flexibility index (Phi) is 8.09. The van der Waals surface area contributed by atoms with E-state index in [1.807, 2.05) is 24.3 Å². The average Bonchev–Trinajstić information content (AvgIpc) is 2.84. The Hall–Kier alpha value is -4.20. The predicted octanol–water partition coefficient (Wildman–Crippen LogP) is 5.31. The molecule has 8 heteroatoms. The Morgan fingerprint density at radius 2 is 1.33 bits per heavy atom. The lowest BCUT2D eigenvalue weighted by Crippen LogP contribution is -2.14. The minimum atomic E-state index is -0.805. The second-order valence-electron chi connectivity index (χ2n) is 8.33. The SMILES string of the molecule is CCOC(=O)c1c(C)cc(OC(=O)c2c(C)cc(OCc3ccc(OC)cc3)c(C)c2O)c(C)c1O. The fourth-order valence-corrected chi connectivity index (χ4v) is 3.74. The Morgan fingerprint density at radius 3 is 1.89 bits per heavy atom. The van der Waals surface area contributed by atoms with Crippen LogP contribution in [0.2, 0.25) is 0 Å². The number of hydrogen-bond donors (Lipinski definition) is 2. The van der Waals surface area contributed by atoms with E-state index in [0.29, 0.717) is 22.4 Å². The van der Waals surface area contributed by atoms with E-state index in [-0.39, 0.29) is 47.2 Å². The summed E-state index contributed by atoms with van der Waals surface area (Å²) in [5.74, 6) is -0.814. The summed E-state index contributed by atoms with van der Waals surface area (Å²) in [5, 5.41) is 21.4. The molecule has 2 N–H and O–H groups in total. The van der Waals surface area contributed by atoms with Gasteiger partial charge in [0.05, 0.1) is 13.7 Å². The van der Waals surface area contributed by atoms with E-state index in [0.717, 1.165) is 11.3 Å². The molecule has 0 saturated carbocycles. The molecule has 36 heavy (non-hydrogen) atoms. The number of hydrogen-bond acceptors (Lipinski definition) is 8. The second-order valence-corrected chi connectivity index (χ2v) is 8.33. The highest BCUT2D eigenvalue weighted by molar-refractivity contribution is 5.98.